The van der Waals surface area contributed by atoms with Crippen LogP contribution in [0.25, 0.3) is 10.9 Å². The second-order valence-corrected chi connectivity index (χ2v) is 6.79. The molecule has 5 heteroatoms. The average Bonchev–Trinajstić information content (AvgIpc) is 3.31. The summed E-state index contributed by atoms with van der Waals surface area (Å²) in [5.41, 5.74) is 5.56. The molecule has 2 heterocycles. The van der Waals surface area contributed by atoms with Crippen LogP contribution in [0.1, 0.15) is 22.3 Å². The van der Waals surface area contributed by atoms with Crippen LogP contribution in [-0.4, -0.2) is 20.7 Å². The van der Waals surface area contributed by atoms with Crippen molar-refractivity contribution in [3.8, 4) is 0 Å². The Morgan fingerprint density at radius 1 is 1.11 bits per heavy atom. The fourth-order valence-corrected chi connectivity index (χ4v) is 3.33. The van der Waals surface area contributed by atoms with E-state index in [0.29, 0.717) is 19.5 Å². The van der Waals surface area contributed by atoms with E-state index in [1.165, 1.54) is 5.56 Å². The summed E-state index contributed by atoms with van der Waals surface area (Å²) in [4.78, 5) is 15.7. The van der Waals surface area contributed by atoms with Crippen molar-refractivity contribution in [3.05, 3.63) is 89.4 Å². The maximum absolute atomic E-state index is 12.5. The quantitative estimate of drug-likeness (QED) is 0.553. The Balaban J connectivity index is 1.42. The normalized spacial score (nSPS) is 11.0. The van der Waals surface area contributed by atoms with Gasteiger partial charge in [0.15, 0.2) is 0 Å². The molecule has 0 unspecified atom stereocenters. The third kappa shape index (κ3) is 3.92. The van der Waals surface area contributed by atoms with Gasteiger partial charge in [-0.3, -0.25) is 9.48 Å². The molecule has 0 atom stereocenters. The van der Waals surface area contributed by atoms with Gasteiger partial charge >= 0.3 is 0 Å². The Kier molecular flexibility index (Phi) is 4.75. The zero-order valence-corrected chi connectivity index (χ0v) is 15.3. The average molecular weight is 358 g/mol. The van der Waals surface area contributed by atoms with Gasteiger partial charge in [-0.05, 0) is 41.3 Å². The highest BCUT2D eigenvalue weighted by Crippen LogP contribution is 2.20. The number of hydrogen-bond acceptors (Lipinski definition) is 2. The lowest BCUT2D eigenvalue weighted by molar-refractivity contribution is -0.120. The molecule has 0 aliphatic rings. The highest BCUT2D eigenvalue weighted by molar-refractivity contribution is 5.89. The van der Waals surface area contributed by atoms with E-state index in [1.54, 1.807) is 6.20 Å². The van der Waals surface area contributed by atoms with Gasteiger partial charge in [-0.15, -0.1) is 0 Å². The molecule has 0 saturated heterocycles. The summed E-state index contributed by atoms with van der Waals surface area (Å²) in [5.74, 6) is 0.0189. The number of amides is 1. The molecule has 0 aliphatic heterocycles. The molecular weight excluding hydrogens is 336 g/mol. The minimum Gasteiger partial charge on any atom is -0.361 e. The first-order valence-electron chi connectivity index (χ1n) is 9.06. The van der Waals surface area contributed by atoms with E-state index in [9.17, 15) is 4.79 Å². The van der Waals surface area contributed by atoms with Crippen LogP contribution in [0.4, 0.5) is 0 Å². The van der Waals surface area contributed by atoms with Gasteiger partial charge in [-0.2, -0.15) is 5.10 Å². The van der Waals surface area contributed by atoms with Crippen molar-refractivity contribution in [1.29, 1.82) is 0 Å². The monoisotopic (exact) mass is 358 g/mol. The van der Waals surface area contributed by atoms with E-state index in [0.717, 1.165) is 27.6 Å². The number of fused-ring (bicyclic) bond motifs is 1. The second kappa shape index (κ2) is 7.50. The maximum Gasteiger partial charge on any atom is 0.224 e. The number of aromatic nitrogens is 3. The summed E-state index contributed by atoms with van der Waals surface area (Å²) in [5, 5.41) is 8.42. The molecule has 2 aromatic heterocycles. The summed E-state index contributed by atoms with van der Waals surface area (Å²) >= 11 is 0. The molecule has 0 fully saturated rings. The predicted molar refractivity (Wildman–Crippen MR) is 106 cm³/mol. The number of carbonyl (C=O) groups excluding carboxylic acids is 1. The summed E-state index contributed by atoms with van der Waals surface area (Å²) in [6, 6.07) is 16.3. The molecule has 0 radical (unpaired) electrons. The Bertz CT molecular complexity index is 1060. The number of nitrogens with zero attached hydrogens (tertiary/aromatic N) is 2. The standard InChI is InChI=1S/C22H22N4O/c1-16-7-8-20-19(14-23-21(20)11-16)12-22(27)24-13-17-5-2-3-6-18(17)15-26-10-4-9-25-26/h2-11,14,23H,12-13,15H2,1H3,(H,24,27). The van der Waals surface area contributed by atoms with Gasteiger partial charge in [-0.1, -0.05) is 36.4 Å². The Morgan fingerprint density at radius 3 is 2.78 bits per heavy atom. The number of rotatable bonds is 6. The SMILES string of the molecule is Cc1ccc2c(CC(=O)NCc3ccccc3Cn3cccn3)c[nH]c2c1. The number of aryl methyl sites for hydroxylation is 1. The van der Waals surface area contributed by atoms with Crippen molar-refractivity contribution < 1.29 is 4.79 Å². The number of H-pyrrole nitrogens is 1. The van der Waals surface area contributed by atoms with Crippen molar-refractivity contribution in [2.75, 3.05) is 0 Å². The van der Waals surface area contributed by atoms with Crippen molar-refractivity contribution in [2.45, 2.75) is 26.4 Å². The van der Waals surface area contributed by atoms with Crippen LogP contribution in [0.5, 0.6) is 0 Å². The first kappa shape index (κ1) is 17.1. The first-order valence-corrected chi connectivity index (χ1v) is 9.06. The summed E-state index contributed by atoms with van der Waals surface area (Å²) in [7, 11) is 0. The molecule has 0 spiro atoms. The molecule has 0 saturated carbocycles. The van der Waals surface area contributed by atoms with Crippen LogP contribution in [0, 0.1) is 6.92 Å². The zero-order valence-electron chi connectivity index (χ0n) is 15.3. The number of carbonyl (C=O) groups is 1. The Labute approximate surface area is 158 Å². The van der Waals surface area contributed by atoms with Crippen LogP contribution < -0.4 is 5.32 Å². The smallest absolute Gasteiger partial charge is 0.224 e. The van der Waals surface area contributed by atoms with Gasteiger partial charge < -0.3 is 10.3 Å². The van der Waals surface area contributed by atoms with Crippen LogP contribution >= 0.6 is 0 Å². The van der Waals surface area contributed by atoms with E-state index >= 15 is 0 Å². The predicted octanol–water partition coefficient (Wildman–Crippen LogP) is 3.58. The molecule has 0 bridgehead atoms. The summed E-state index contributed by atoms with van der Waals surface area (Å²) in [6.45, 7) is 3.27. The third-order valence-corrected chi connectivity index (χ3v) is 4.76. The van der Waals surface area contributed by atoms with E-state index in [-0.39, 0.29) is 5.91 Å². The molecule has 136 valence electrons. The topological polar surface area (TPSA) is 62.7 Å². The van der Waals surface area contributed by atoms with Gasteiger partial charge in [0.05, 0.1) is 13.0 Å². The van der Waals surface area contributed by atoms with Gasteiger partial charge in [0.25, 0.3) is 0 Å². The Hall–Kier alpha value is -3.34. The fraction of sp³-hybridized carbons (Fsp3) is 0.182. The van der Waals surface area contributed by atoms with Gasteiger partial charge in [0, 0.05) is 36.0 Å². The van der Waals surface area contributed by atoms with Crippen LogP contribution in [0.2, 0.25) is 0 Å². The summed E-state index contributed by atoms with van der Waals surface area (Å²) < 4.78 is 1.88. The minimum absolute atomic E-state index is 0.0189. The number of hydrogen-bond donors (Lipinski definition) is 2. The number of benzene rings is 2. The Morgan fingerprint density at radius 2 is 1.96 bits per heavy atom. The lowest BCUT2D eigenvalue weighted by Crippen LogP contribution is -2.25. The van der Waals surface area contributed by atoms with Crippen molar-refractivity contribution in [2.24, 2.45) is 0 Å². The highest BCUT2D eigenvalue weighted by Gasteiger charge is 2.10. The van der Waals surface area contributed by atoms with E-state index in [1.807, 2.05) is 41.3 Å². The van der Waals surface area contributed by atoms with Crippen LogP contribution in [-0.2, 0) is 24.3 Å². The molecule has 4 rings (SSSR count). The fourth-order valence-electron chi connectivity index (χ4n) is 3.33. The van der Waals surface area contributed by atoms with E-state index in [4.69, 9.17) is 0 Å². The highest BCUT2D eigenvalue weighted by atomic mass is 16.1. The number of aromatic amines is 1. The molecular formula is C22H22N4O. The summed E-state index contributed by atoms with van der Waals surface area (Å²) in [6.07, 6.45) is 6.00. The third-order valence-electron chi connectivity index (χ3n) is 4.76. The number of nitrogens with one attached hydrogen (secondary N) is 2. The van der Waals surface area contributed by atoms with Gasteiger partial charge in [-0.25, -0.2) is 0 Å². The van der Waals surface area contributed by atoms with Crippen molar-refractivity contribution in [3.63, 3.8) is 0 Å². The van der Waals surface area contributed by atoms with Crippen LogP contribution in [0.15, 0.2) is 67.1 Å². The van der Waals surface area contributed by atoms with Crippen LogP contribution in [0.3, 0.4) is 0 Å². The molecule has 4 aromatic rings. The van der Waals surface area contributed by atoms with E-state index in [2.05, 4.69) is 46.6 Å². The first-order chi connectivity index (χ1) is 13.2. The van der Waals surface area contributed by atoms with Crippen molar-refractivity contribution >= 4 is 16.8 Å². The molecule has 27 heavy (non-hydrogen) atoms. The lowest BCUT2D eigenvalue weighted by Gasteiger charge is -2.11. The molecule has 0 aliphatic carbocycles. The molecule has 2 N–H and O–H groups in total. The van der Waals surface area contributed by atoms with Gasteiger partial charge in [0.1, 0.15) is 0 Å². The van der Waals surface area contributed by atoms with E-state index < -0.39 is 0 Å². The molecule has 2 aromatic carbocycles. The second-order valence-electron chi connectivity index (χ2n) is 6.79. The molecule has 1 amide bonds. The largest absolute Gasteiger partial charge is 0.361 e. The van der Waals surface area contributed by atoms with Crippen molar-refractivity contribution in [1.82, 2.24) is 20.1 Å². The lowest BCUT2D eigenvalue weighted by atomic mass is 10.1. The maximum atomic E-state index is 12.5. The molecule has 5 nitrogen and oxygen atoms in total. The zero-order chi connectivity index (χ0) is 18.6. The minimum atomic E-state index is 0.0189. The van der Waals surface area contributed by atoms with Gasteiger partial charge in [0.2, 0.25) is 5.91 Å².